The van der Waals surface area contributed by atoms with Gasteiger partial charge in [0.1, 0.15) is 0 Å². The van der Waals surface area contributed by atoms with E-state index in [1.165, 1.54) is 12.5 Å². The van der Waals surface area contributed by atoms with Crippen molar-refractivity contribution in [2.45, 2.75) is 52.9 Å². The van der Waals surface area contributed by atoms with E-state index in [9.17, 15) is 9.59 Å². The summed E-state index contributed by atoms with van der Waals surface area (Å²) in [5.74, 6) is 0.338. The second kappa shape index (κ2) is 4.80. The number of carbonyl (C=O) groups excluding carboxylic acids is 2. The monoisotopic (exact) mass is 290 g/mol. The van der Waals surface area contributed by atoms with Crippen molar-refractivity contribution in [1.29, 1.82) is 0 Å². The van der Waals surface area contributed by atoms with Crippen LogP contribution in [0, 0.1) is 17.3 Å². The number of carbonyl (C=O) groups is 2. The summed E-state index contributed by atoms with van der Waals surface area (Å²) in [5.41, 5.74) is 1.91. The van der Waals surface area contributed by atoms with Gasteiger partial charge >= 0.3 is 5.97 Å². The molecule has 0 spiro atoms. The normalized spacial score (nSPS) is 39.1. The first-order valence-corrected chi connectivity index (χ1v) is 7.53. The number of esters is 1. The van der Waals surface area contributed by atoms with E-state index in [1.807, 2.05) is 13.8 Å². The molecule has 0 N–H and O–H groups in total. The third-order valence-corrected chi connectivity index (χ3v) is 5.12. The van der Waals surface area contributed by atoms with Gasteiger partial charge in [0.2, 0.25) is 6.29 Å². The summed E-state index contributed by atoms with van der Waals surface area (Å²) >= 11 is 0. The molecule has 0 amide bonds. The Hall–Kier alpha value is -1.42. The molecule has 114 valence electrons. The molecule has 0 aromatic rings. The van der Waals surface area contributed by atoms with Crippen molar-refractivity contribution < 1.29 is 19.1 Å². The first-order valence-electron chi connectivity index (χ1n) is 7.53. The fourth-order valence-corrected chi connectivity index (χ4v) is 4.38. The molecule has 0 radical (unpaired) electrons. The third-order valence-electron chi connectivity index (χ3n) is 5.12. The third kappa shape index (κ3) is 2.08. The van der Waals surface area contributed by atoms with Gasteiger partial charge in [0.25, 0.3) is 0 Å². The van der Waals surface area contributed by atoms with Gasteiger partial charge in [0.05, 0.1) is 11.5 Å². The Balaban J connectivity index is 1.91. The van der Waals surface area contributed by atoms with Crippen molar-refractivity contribution in [3.8, 4) is 0 Å². The molecule has 2 fully saturated rings. The second-order valence-corrected chi connectivity index (χ2v) is 6.82. The number of allylic oxidation sites excluding steroid dienone is 3. The molecule has 4 rings (SSSR count). The Labute approximate surface area is 125 Å². The van der Waals surface area contributed by atoms with Crippen LogP contribution in [0.15, 0.2) is 23.3 Å². The summed E-state index contributed by atoms with van der Waals surface area (Å²) in [4.78, 5) is 23.7. The summed E-state index contributed by atoms with van der Waals surface area (Å²) < 4.78 is 11.4. The van der Waals surface area contributed by atoms with Gasteiger partial charge < -0.3 is 9.47 Å². The fraction of sp³-hybridized carbons (Fsp3) is 0.647. The minimum Gasteiger partial charge on any atom is -0.435 e. The molecule has 21 heavy (non-hydrogen) atoms. The summed E-state index contributed by atoms with van der Waals surface area (Å²) in [6, 6.07) is 0. The Bertz CT molecular complexity index is 555. The summed E-state index contributed by atoms with van der Waals surface area (Å²) in [7, 11) is 0. The molecule has 0 aromatic carbocycles. The van der Waals surface area contributed by atoms with Crippen LogP contribution >= 0.6 is 0 Å². The quantitative estimate of drug-likeness (QED) is 0.454. The highest BCUT2D eigenvalue weighted by Gasteiger charge is 2.70. The van der Waals surface area contributed by atoms with Crippen molar-refractivity contribution in [2.75, 3.05) is 0 Å². The van der Waals surface area contributed by atoms with Crippen LogP contribution in [0.4, 0.5) is 0 Å². The summed E-state index contributed by atoms with van der Waals surface area (Å²) in [6.45, 7) is 7.31. The molecule has 4 heteroatoms. The molecule has 5 atom stereocenters. The van der Waals surface area contributed by atoms with Crippen molar-refractivity contribution in [3.63, 3.8) is 0 Å². The largest absolute Gasteiger partial charge is 0.435 e. The number of ether oxygens (including phenoxy) is 2. The van der Waals surface area contributed by atoms with Gasteiger partial charge in [0, 0.05) is 19.3 Å². The first kappa shape index (κ1) is 14.5. The lowest BCUT2D eigenvalue weighted by atomic mass is 9.46. The summed E-state index contributed by atoms with van der Waals surface area (Å²) in [5, 5.41) is 0. The van der Waals surface area contributed by atoms with Crippen LogP contribution in [-0.4, -0.2) is 24.1 Å². The average Bonchev–Trinajstić information content (AvgIpc) is 2.45. The maximum absolute atomic E-state index is 12.3. The molecule has 0 unspecified atom stereocenters. The first-order chi connectivity index (χ1) is 9.84. The molecule has 4 nitrogen and oxygen atoms in total. The molecule has 4 aliphatic rings. The number of ketones is 1. The predicted molar refractivity (Wildman–Crippen MR) is 77.3 cm³/mol. The summed E-state index contributed by atoms with van der Waals surface area (Å²) in [6.07, 6.45) is 4.64. The number of hydrogen-bond acceptors (Lipinski definition) is 4. The Kier molecular flexibility index (Phi) is 3.32. The van der Waals surface area contributed by atoms with Crippen LogP contribution in [0.3, 0.4) is 0 Å². The Morgan fingerprint density at radius 3 is 2.71 bits per heavy atom. The van der Waals surface area contributed by atoms with Gasteiger partial charge in [-0.05, 0) is 39.2 Å². The zero-order valence-corrected chi connectivity index (χ0v) is 13.0. The predicted octanol–water partition coefficient (Wildman–Crippen LogP) is 2.78. The maximum atomic E-state index is 12.3. The molecule has 3 aliphatic carbocycles. The van der Waals surface area contributed by atoms with Gasteiger partial charge in [-0.2, -0.15) is 0 Å². The maximum Gasteiger partial charge on any atom is 0.304 e. The standard InChI is InChI=1S/C17H22O4/c1-9(2)5-12(19)8-17-13-7-14(17)15(6-10(13)3)21-16(17)20-11(4)18/h5-6,13-16H,7-8H2,1-4H3/t13-,14+,15-,16+,17+/m1/s1. The van der Waals surface area contributed by atoms with Crippen LogP contribution in [0.1, 0.15) is 40.5 Å². The van der Waals surface area contributed by atoms with Gasteiger partial charge in [0.15, 0.2) is 5.78 Å². The zero-order valence-electron chi connectivity index (χ0n) is 13.0. The highest BCUT2D eigenvalue weighted by molar-refractivity contribution is 5.91. The van der Waals surface area contributed by atoms with E-state index in [2.05, 4.69) is 13.0 Å². The smallest absolute Gasteiger partial charge is 0.304 e. The van der Waals surface area contributed by atoms with Crippen LogP contribution in [-0.2, 0) is 19.1 Å². The number of hydrogen-bond donors (Lipinski definition) is 0. The van der Waals surface area contributed by atoms with Crippen molar-refractivity contribution in [2.24, 2.45) is 17.3 Å². The van der Waals surface area contributed by atoms with Crippen LogP contribution in [0.2, 0.25) is 0 Å². The van der Waals surface area contributed by atoms with Crippen LogP contribution < -0.4 is 0 Å². The molecular formula is C17H22O4. The van der Waals surface area contributed by atoms with Crippen molar-refractivity contribution in [3.05, 3.63) is 23.3 Å². The van der Waals surface area contributed by atoms with Crippen molar-refractivity contribution in [1.82, 2.24) is 0 Å². The lowest BCUT2D eigenvalue weighted by Crippen LogP contribution is -2.57. The molecular weight excluding hydrogens is 268 g/mol. The van der Waals surface area contributed by atoms with Gasteiger partial charge in [-0.25, -0.2) is 0 Å². The fourth-order valence-electron chi connectivity index (χ4n) is 4.38. The van der Waals surface area contributed by atoms with Crippen LogP contribution in [0.25, 0.3) is 0 Å². The van der Waals surface area contributed by atoms with Crippen molar-refractivity contribution >= 4 is 11.8 Å². The minimum absolute atomic E-state index is 0.0150. The molecule has 1 saturated carbocycles. The van der Waals surface area contributed by atoms with E-state index in [0.717, 1.165) is 12.0 Å². The zero-order chi connectivity index (χ0) is 15.4. The molecule has 4 bridgehead atoms. The lowest BCUT2D eigenvalue weighted by molar-refractivity contribution is -0.202. The highest BCUT2D eigenvalue weighted by Crippen LogP contribution is 2.68. The molecule has 1 saturated heterocycles. The highest BCUT2D eigenvalue weighted by atomic mass is 16.7. The van der Waals surface area contributed by atoms with Gasteiger partial charge in [-0.1, -0.05) is 17.2 Å². The topological polar surface area (TPSA) is 52.6 Å². The lowest BCUT2D eigenvalue weighted by Gasteiger charge is -2.56. The Morgan fingerprint density at radius 1 is 1.43 bits per heavy atom. The van der Waals surface area contributed by atoms with Crippen LogP contribution in [0.5, 0.6) is 0 Å². The Morgan fingerprint density at radius 2 is 2.14 bits per heavy atom. The molecule has 0 aromatic heterocycles. The van der Waals surface area contributed by atoms with E-state index in [1.54, 1.807) is 6.08 Å². The van der Waals surface area contributed by atoms with Gasteiger partial charge in [-0.15, -0.1) is 0 Å². The van der Waals surface area contributed by atoms with Gasteiger partial charge in [-0.3, -0.25) is 9.59 Å². The van der Waals surface area contributed by atoms with E-state index >= 15 is 0 Å². The average molecular weight is 290 g/mol. The minimum atomic E-state index is -0.591. The molecule has 1 aliphatic heterocycles. The van der Waals surface area contributed by atoms with E-state index < -0.39 is 6.29 Å². The van der Waals surface area contributed by atoms with E-state index in [4.69, 9.17) is 9.47 Å². The van der Waals surface area contributed by atoms with E-state index in [-0.39, 0.29) is 23.3 Å². The van der Waals surface area contributed by atoms with E-state index in [0.29, 0.717) is 18.3 Å². The molecule has 1 heterocycles. The SMILES string of the molecule is CC(=O)O[C@H]1O[C@@H]2C=C(C)[C@H]3C[C@@H]2[C@@]13CC(=O)C=C(C)C. The second-order valence-electron chi connectivity index (χ2n) is 6.82. The number of rotatable bonds is 4.